The van der Waals surface area contributed by atoms with E-state index in [1.165, 1.54) is 0 Å². The van der Waals surface area contributed by atoms with E-state index in [1.807, 2.05) is 48.5 Å². The molecule has 4 aromatic rings. The van der Waals surface area contributed by atoms with Crippen LogP contribution in [0.1, 0.15) is 0 Å². The van der Waals surface area contributed by atoms with E-state index in [4.69, 9.17) is 33.5 Å². The van der Waals surface area contributed by atoms with Crippen LogP contribution in [0.5, 0.6) is 11.5 Å². The van der Waals surface area contributed by atoms with Crippen molar-refractivity contribution in [1.82, 2.24) is 0 Å². The van der Waals surface area contributed by atoms with E-state index >= 15 is 0 Å². The molecule has 0 N–H and O–H groups in total. The zero-order valence-electron chi connectivity index (χ0n) is 13.0. The molecule has 0 fully saturated rings. The second kappa shape index (κ2) is 5.57. The second-order valence-corrected chi connectivity index (χ2v) is 10.8. The fraction of sp³-hybridized carbons (Fsp3) is 0. The average molecular weight is 379 g/mol. The second-order valence-electron chi connectivity index (χ2n) is 5.95. The molecule has 0 aromatic heterocycles. The van der Waals surface area contributed by atoms with Crippen molar-refractivity contribution in [3.63, 3.8) is 0 Å². The Morgan fingerprint density at radius 3 is 1.48 bits per heavy atom. The van der Waals surface area contributed by atoms with Crippen LogP contribution in [-0.2, 0) is 24.5 Å². The Kier molecular flexibility index (Phi) is 3.43. The average Bonchev–Trinajstić information content (AvgIpc) is 2.73. The van der Waals surface area contributed by atoms with E-state index in [-0.39, 0.29) is 0 Å². The summed E-state index contributed by atoms with van der Waals surface area (Å²) in [5.41, 5.74) is 2.00. The van der Waals surface area contributed by atoms with E-state index in [0.29, 0.717) is 11.5 Å². The first-order chi connectivity index (χ1) is 12.1. The molecular weight excluding hydrogens is 367 g/mol. The topological polar surface area (TPSA) is 18.5 Å². The normalized spacial score (nSPS) is 15.0. The number of hydrogen-bond donors (Lipinski definition) is 0. The Balaban J connectivity index is 2.00. The summed E-state index contributed by atoms with van der Waals surface area (Å²) in [6.07, 6.45) is -2.83. The third-order valence-corrected chi connectivity index (χ3v) is 6.19. The van der Waals surface area contributed by atoms with Crippen LogP contribution in [0.15, 0.2) is 72.8 Å². The summed E-state index contributed by atoms with van der Waals surface area (Å²) in [7, 11) is 0. The fourth-order valence-electron chi connectivity index (χ4n) is 3.43. The van der Waals surface area contributed by atoms with Gasteiger partial charge in [-0.2, -0.15) is 0 Å². The predicted octanol–water partition coefficient (Wildman–Crippen LogP) is 6.20. The molecule has 1 heterocycles. The first kappa shape index (κ1) is 15.4. The lowest BCUT2D eigenvalue weighted by Gasteiger charge is -2.33. The van der Waals surface area contributed by atoms with Crippen LogP contribution in [0.25, 0.3) is 32.7 Å². The predicted molar refractivity (Wildman–Crippen MR) is 110 cm³/mol. The van der Waals surface area contributed by atoms with Crippen molar-refractivity contribution in [2.24, 2.45) is 0 Å². The smallest absolute Gasteiger partial charge is 0.181 e. The molecule has 0 saturated carbocycles. The first-order valence-corrected chi connectivity index (χ1v) is 11.5. The van der Waals surface area contributed by atoms with Crippen molar-refractivity contribution in [2.45, 2.75) is 0 Å². The first-order valence-electron chi connectivity index (χ1n) is 7.86. The van der Waals surface area contributed by atoms with Gasteiger partial charge in [-0.25, -0.2) is 0 Å². The summed E-state index contributed by atoms with van der Waals surface area (Å²) in [6, 6.07) is 24.5. The van der Waals surface area contributed by atoms with Gasteiger partial charge in [-0.3, -0.25) is 0 Å². The number of hydrogen-bond acceptors (Lipinski definition) is 4. The molecule has 0 bridgehead atoms. The Bertz CT molecular complexity index is 1050. The van der Waals surface area contributed by atoms with Gasteiger partial charge in [0.05, 0.1) is 0 Å². The highest BCUT2D eigenvalue weighted by Crippen LogP contribution is 2.62. The minimum atomic E-state index is -2.83. The van der Waals surface area contributed by atoms with E-state index < -0.39 is 6.12 Å². The Morgan fingerprint density at radius 1 is 0.560 bits per heavy atom. The van der Waals surface area contributed by atoms with Gasteiger partial charge in [0.15, 0.2) is 11.5 Å². The van der Waals surface area contributed by atoms with Crippen LogP contribution >= 0.6 is 6.12 Å². The van der Waals surface area contributed by atoms with E-state index in [9.17, 15) is 0 Å². The molecule has 0 spiro atoms. The van der Waals surface area contributed by atoms with Gasteiger partial charge >= 0.3 is 0 Å². The van der Waals surface area contributed by atoms with Crippen LogP contribution < -0.4 is 9.05 Å². The lowest BCUT2D eigenvalue weighted by atomic mass is 9.92. The van der Waals surface area contributed by atoms with Gasteiger partial charge in [0.1, 0.15) is 6.12 Å². The Morgan fingerprint density at radius 2 is 1.00 bits per heavy atom. The van der Waals surface area contributed by atoms with Gasteiger partial charge in [0.2, 0.25) is 0 Å². The molecule has 25 heavy (non-hydrogen) atoms. The van der Waals surface area contributed by atoms with Gasteiger partial charge in [-0.1, -0.05) is 60.7 Å². The van der Waals surface area contributed by atoms with Gasteiger partial charge < -0.3 is 33.5 Å². The monoisotopic (exact) mass is 379 g/mol. The molecule has 5 heteroatoms. The van der Waals surface area contributed by atoms with E-state index in [1.54, 1.807) is 0 Å². The minimum Gasteiger partial charge on any atom is -0.496 e. The highest BCUT2D eigenvalue weighted by molar-refractivity contribution is 8.70. The zero-order valence-corrected chi connectivity index (χ0v) is 15.5. The molecule has 0 atom stereocenters. The van der Waals surface area contributed by atoms with Crippen molar-refractivity contribution in [1.29, 1.82) is 0 Å². The molecule has 0 aliphatic carbocycles. The van der Waals surface area contributed by atoms with Crippen molar-refractivity contribution >= 4 is 52.2 Å². The maximum Gasteiger partial charge on any atom is 0.181 e. The fourth-order valence-corrected chi connectivity index (χ4v) is 5.22. The zero-order chi connectivity index (χ0) is 17.0. The maximum atomic E-state index is 6.00. The van der Waals surface area contributed by atoms with Crippen LogP contribution in [0.3, 0.4) is 0 Å². The standard InChI is InChI=1S/C20H13O2PS2/c24-23(25)21-17-11-9-13-5-1-3-7-15(13)19(17)20-16-8-4-2-6-14(16)10-12-18(20)22-23/h1-12H,(H,24,25)/p-1. The minimum absolute atomic E-state index is 0.701. The van der Waals surface area contributed by atoms with Crippen LogP contribution in [0.4, 0.5) is 0 Å². The molecule has 1 aliphatic heterocycles. The molecule has 5 rings (SSSR count). The maximum absolute atomic E-state index is 6.00. The summed E-state index contributed by atoms with van der Waals surface area (Å²) in [5, 5.41) is 4.49. The molecule has 0 saturated heterocycles. The van der Waals surface area contributed by atoms with Crippen LogP contribution in [0.2, 0.25) is 0 Å². The van der Waals surface area contributed by atoms with Gasteiger partial charge in [0, 0.05) is 11.1 Å². The quantitative estimate of drug-likeness (QED) is 0.267. The highest BCUT2D eigenvalue weighted by atomic mass is 33.1. The summed E-state index contributed by atoms with van der Waals surface area (Å²) in [6.45, 7) is 0. The number of benzene rings is 4. The summed E-state index contributed by atoms with van der Waals surface area (Å²) in [5.74, 6) is 1.40. The molecule has 1 aliphatic rings. The molecule has 0 unspecified atom stereocenters. The van der Waals surface area contributed by atoms with Gasteiger partial charge in [0.25, 0.3) is 0 Å². The van der Waals surface area contributed by atoms with Crippen molar-refractivity contribution in [3.05, 3.63) is 72.8 Å². The molecule has 0 radical (unpaired) electrons. The lowest BCUT2D eigenvalue weighted by Crippen LogP contribution is -2.01. The lowest BCUT2D eigenvalue weighted by molar-refractivity contribution is 0.514. The highest BCUT2D eigenvalue weighted by Gasteiger charge is 2.28. The molecule has 2 nitrogen and oxygen atoms in total. The summed E-state index contributed by atoms with van der Waals surface area (Å²) in [4.78, 5) is 0. The number of rotatable bonds is 0. The van der Waals surface area contributed by atoms with Crippen LogP contribution in [0, 0.1) is 0 Å². The molecule has 4 aromatic carbocycles. The summed E-state index contributed by atoms with van der Waals surface area (Å²) < 4.78 is 12.0. The Hall–Kier alpha value is -1.87. The van der Waals surface area contributed by atoms with Crippen molar-refractivity contribution in [2.75, 3.05) is 0 Å². The molecular formula is C20H12O2PS2-. The number of fused-ring (bicyclic) bond motifs is 7. The Labute approximate surface area is 156 Å². The SMILES string of the molecule is [S-][P+]1([S-])Oc2ccc3ccccc3c2-c2c(ccc3ccccc23)O1. The molecule has 122 valence electrons. The third kappa shape index (κ3) is 2.48. The van der Waals surface area contributed by atoms with Crippen molar-refractivity contribution < 1.29 is 9.05 Å². The largest absolute Gasteiger partial charge is 0.496 e. The van der Waals surface area contributed by atoms with Crippen LogP contribution in [-0.4, -0.2) is 0 Å². The van der Waals surface area contributed by atoms with Gasteiger partial charge in [-0.05, 0) is 33.7 Å². The van der Waals surface area contributed by atoms with E-state index in [0.717, 1.165) is 32.7 Å². The van der Waals surface area contributed by atoms with Crippen molar-refractivity contribution in [3.8, 4) is 22.6 Å². The van der Waals surface area contributed by atoms with E-state index in [2.05, 4.69) is 24.3 Å². The third-order valence-electron chi connectivity index (χ3n) is 4.45. The molecule has 0 amide bonds. The van der Waals surface area contributed by atoms with Gasteiger partial charge in [-0.15, -0.1) is 0 Å². The summed E-state index contributed by atoms with van der Waals surface area (Å²) >= 11 is 10.9.